The van der Waals surface area contributed by atoms with Crippen LogP contribution in [0.2, 0.25) is 0 Å². The summed E-state index contributed by atoms with van der Waals surface area (Å²) in [4.78, 5) is 22.0. The van der Waals surface area contributed by atoms with Crippen molar-refractivity contribution in [3.05, 3.63) is 58.1 Å². The lowest BCUT2D eigenvalue weighted by Crippen LogP contribution is -2.16. The van der Waals surface area contributed by atoms with Gasteiger partial charge in [0, 0.05) is 18.7 Å². The van der Waals surface area contributed by atoms with Gasteiger partial charge in [0.05, 0.1) is 4.92 Å². The number of amides is 1. The van der Waals surface area contributed by atoms with Gasteiger partial charge in [-0.25, -0.2) is 0 Å². The Morgan fingerprint density at radius 1 is 1.14 bits per heavy atom. The average Bonchev–Trinajstić information content (AvgIpc) is 2.63. The Balaban J connectivity index is 2.17. The number of nitrogens with one attached hydrogen (secondary N) is 1. The minimum atomic E-state index is -0.522. The molecule has 0 unspecified atom stereocenters. The third kappa shape index (κ3) is 5.81. The van der Waals surface area contributed by atoms with Gasteiger partial charge in [0.15, 0.2) is 0 Å². The molecule has 0 saturated heterocycles. The molecule has 1 N–H and O–H groups in total. The van der Waals surface area contributed by atoms with Crippen LogP contribution >= 0.6 is 0 Å². The molecule has 0 aliphatic carbocycles. The number of hydrogen-bond acceptors (Lipinski definition) is 4. The predicted octanol–water partition coefficient (Wildman–Crippen LogP) is 6.20. The van der Waals surface area contributed by atoms with E-state index in [1.165, 1.54) is 43.9 Å². The Kier molecular flexibility index (Phi) is 7.15. The Morgan fingerprint density at radius 3 is 2.39 bits per heavy atom. The molecule has 2 aromatic rings. The highest BCUT2D eigenvalue weighted by atomic mass is 16.6. The molecule has 0 aromatic heterocycles. The largest absolute Gasteiger partial charge is 0.450 e. The summed E-state index contributed by atoms with van der Waals surface area (Å²) in [6.45, 7) is 8.00. The molecule has 0 heterocycles. The lowest BCUT2D eigenvalue weighted by Gasteiger charge is -2.25. The van der Waals surface area contributed by atoms with E-state index in [4.69, 9.17) is 4.74 Å². The van der Waals surface area contributed by atoms with E-state index in [-0.39, 0.29) is 22.8 Å². The fourth-order valence-electron chi connectivity index (χ4n) is 3.09. The highest BCUT2D eigenvalue weighted by Crippen LogP contribution is 2.35. The minimum Gasteiger partial charge on any atom is -0.450 e. The number of carbonyl (C=O) groups excluding carboxylic acids is 1. The molecule has 0 saturated carbocycles. The first-order chi connectivity index (χ1) is 13.2. The van der Waals surface area contributed by atoms with E-state index in [2.05, 4.69) is 26.1 Å². The third-order valence-corrected chi connectivity index (χ3v) is 4.74. The smallest absolute Gasteiger partial charge is 0.313 e. The number of ether oxygens (including phenoxy) is 1. The first kappa shape index (κ1) is 21.4. The number of carbonyl (C=O) groups is 1. The third-order valence-electron chi connectivity index (χ3n) is 4.74. The van der Waals surface area contributed by atoms with Crippen molar-refractivity contribution in [1.82, 2.24) is 0 Å². The number of unbranched alkanes of at least 4 members (excludes halogenated alkanes) is 2. The summed E-state index contributed by atoms with van der Waals surface area (Å²) in [6, 6.07) is 12.1. The van der Waals surface area contributed by atoms with Crippen LogP contribution in [0.5, 0.6) is 11.5 Å². The highest BCUT2D eigenvalue weighted by molar-refractivity contribution is 5.89. The molecule has 1 amide bonds. The highest BCUT2D eigenvalue weighted by Gasteiger charge is 2.21. The maximum Gasteiger partial charge on any atom is 0.313 e. The van der Waals surface area contributed by atoms with E-state index in [1.54, 1.807) is 6.07 Å². The fraction of sp³-hybridized carbons (Fsp3) is 0.409. The van der Waals surface area contributed by atoms with Gasteiger partial charge in [0.25, 0.3) is 0 Å². The van der Waals surface area contributed by atoms with Gasteiger partial charge < -0.3 is 10.1 Å². The van der Waals surface area contributed by atoms with Crippen LogP contribution in [0.3, 0.4) is 0 Å². The van der Waals surface area contributed by atoms with Crippen molar-refractivity contribution in [2.45, 2.75) is 58.8 Å². The summed E-state index contributed by atoms with van der Waals surface area (Å²) in [5.74, 6) is 0.373. The molecule has 0 fully saturated rings. The van der Waals surface area contributed by atoms with Gasteiger partial charge >= 0.3 is 5.69 Å². The number of anilines is 1. The van der Waals surface area contributed by atoms with Crippen molar-refractivity contribution in [2.75, 3.05) is 5.32 Å². The molecule has 28 heavy (non-hydrogen) atoms. The zero-order valence-corrected chi connectivity index (χ0v) is 17.0. The SMILES string of the molecule is CCCCCC(C)(C)c1ccc(Oc2ccc(NC(C)=O)cc2[N+](=O)[O-])cc1. The predicted molar refractivity (Wildman–Crippen MR) is 111 cm³/mol. The van der Waals surface area contributed by atoms with Crippen LogP contribution in [0.1, 0.15) is 58.9 Å². The Labute approximate surface area is 166 Å². The van der Waals surface area contributed by atoms with Crippen LogP contribution < -0.4 is 10.1 Å². The molecule has 2 aromatic carbocycles. The molecule has 0 atom stereocenters. The summed E-state index contributed by atoms with van der Waals surface area (Å²) >= 11 is 0. The standard InChI is InChI=1S/C22H28N2O4/c1-5-6-7-14-22(3,4)17-8-11-19(12-9-17)28-21-13-10-18(23-16(2)25)15-20(21)24(26)27/h8-13,15H,5-7,14H2,1-4H3,(H,23,25). The zero-order valence-electron chi connectivity index (χ0n) is 17.0. The van der Waals surface area contributed by atoms with Crippen LogP contribution in [0.15, 0.2) is 42.5 Å². The molecule has 6 heteroatoms. The normalized spacial score (nSPS) is 11.1. The van der Waals surface area contributed by atoms with E-state index < -0.39 is 4.92 Å². The van der Waals surface area contributed by atoms with E-state index in [0.717, 1.165) is 6.42 Å². The van der Waals surface area contributed by atoms with E-state index in [9.17, 15) is 14.9 Å². The summed E-state index contributed by atoms with van der Waals surface area (Å²) in [5.41, 5.74) is 1.44. The van der Waals surface area contributed by atoms with Crippen molar-refractivity contribution in [3.63, 3.8) is 0 Å². The average molecular weight is 384 g/mol. The number of rotatable bonds is 9. The van der Waals surface area contributed by atoms with Crippen molar-refractivity contribution in [3.8, 4) is 11.5 Å². The maximum absolute atomic E-state index is 11.4. The second-order valence-corrected chi connectivity index (χ2v) is 7.59. The van der Waals surface area contributed by atoms with Crippen LogP contribution in [0.25, 0.3) is 0 Å². The van der Waals surface area contributed by atoms with Gasteiger partial charge in [-0.05, 0) is 41.7 Å². The first-order valence-corrected chi connectivity index (χ1v) is 9.57. The summed E-state index contributed by atoms with van der Waals surface area (Å²) in [5, 5.41) is 13.9. The van der Waals surface area contributed by atoms with E-state index in [0.29, 0.717) is 11.4 Å². The molecular weight excluding hydrogens is 356 g/mol. The summed E-state index contributed by atoms with van der Waals surface area (Å²) in [6.07, 6.45) is 4.72. The van der Waals surface area contributed by atoms with E-state index >= 15 is 0 Å². The molecule has 0 aliphatic rings. The molecule has 0 aliphatic heterocycles. The van der Waals surface area contributed by atoms with Crippen molar-refractivity contribution < 1.29 is 14.5 Å². The fourth-order valence-corrected chi connectivity index (χ4v) is 3.09. The van der Waals surface area contributed by atoms with Crippen molar-refractivity contribution in [2.24, 2.45) is 0 Å². The number of nitro groups is 1. The number of nitrogens with zero attached hydrogens (tertiary/aromatic N) is 1. The van der Waals surface area contributed by atoms with Gasteiger partial charge in [-0.2, -0.15) is 0 Å². The van der Waals surface area contributed by atoms with Crippen LogP contribution in [0.4, 0.5) is 11.4 Å². The Morgan fingerprint density at radius 2 is 1.82 bits per heavy atom. The first-order valence-electron chi connectivity index (χ1n) is 9.57. The molecule has 150 valence electrons. The molecule has 6 nitrogen and oxygen atoms in total. The molecule has 0 spiro atoms. The van der Waals surface area contributed by atoms with Crippen LogP contribution in [-0.4, -0.2) is 10.8 Å². The van der Waals surface area contributed by atoms with Crippen LogP contribution in [-0.2, 0) is 10.2 Å². The van der Waals surface area contributed by atoms with Crippen molar-refractivity contribution >= 4 is 17.3 Å². The molecule has 0 bridgehead atoms. The van der Waals surface area contributed by atoms with Gasteiger partial charge in [-0.15, -0.1) is 0 Å². The molecular formula is C22H28N2O4. The second-order valence-electron chi connectivity index (χ2n) is 7.59. The van der Waals surface area contributed by atoms with Crippen LogP contribution in [0, 0.1) is 10.1 Å². The molecule has 2 rings (SSSR count). The zero-order chi connectivity index (χ0) is 20.7. The van der Waals surface area contributed by atoms with Gasteiger partial charge in [-0.3, -0.25) is 14.9 Å². The molecule has 0 radical (unpaired) electrons. The Bertz CT molecular complexity index is 829. The number of benzene rings is 2. The van der Waals surface area contributed by atoms with Gasteiger partial charge in [0.1, 0.15) is 5.75 Å². The topological polar surface area (TPSA) is 81.5 Å². The van der Waals surface area contributed by atoms with Gasteiger partial charge in [0.2, 0.25) is 11.7 Å². The lowest BCUT2D eigenvalue weighted by molar-refractivity contribution is -0.385. The Hall–Kier alpha value is -2.89. The van der Waals surface area contributed by atoms with E-state index in [1.807, 2.05) is 24.3 Å². The summed E-state index contributed by atoms with van der Waals surface area (Å²) in [7, 11) is 0. The quantitative estimate of drug-likeness (QED) is 0.317. The lowest BCUT2D eigenvalue weighted by atomic mass is 9.80. The van der Waals surface area contributed by atoms with Gasteiger partial charge in [-0.1, -0.05) is 52.2 Å². The monoisotopic (exact) mass is 384 g/mol. The van der Waals surface area contributed by atoms with Crippen molar-refractivity contribution in [1.29, 1.82) is 0 Å². The number of hydrogen-bond donors (Lipinski definition) is 1. The second kappa shape index (κ2) is 9.35. The maximum atomic E-state index is 11.4. The summed E-state index contributed by atoms with van der Waals surface area (Å²) < 4.78 is 5.74. The number of nitro benzene ring substituents is 1. The minimum absolute atomic E-state index is 0.0692.